The number of hydrogen-bond acceptors (Lipinski definition) is 1. The van der Waals surface area contributed by atoms with Crippen LogP contribution in [0.3, 0.4) is 0 Å². The lowest BCUT2D eigenvalue weighted by Crippen LogP contribution is -2.60. The lowest BCUT2D eigenvalue weighted by atomic mass is 9.69. The molecule has 0 aromatic carbocycles. The van der Waals surface area contributed by atoms with Crippen molar-refractivity contribution in [2.24, 2.45) is 5.41 Å². The van der Waals surface area contributed by atoms with Gasteiger partial charge in [-0.05, 0) is 25.2 Å². The number of rotatable bonds is 3. The second kappa shape index (κ2) is 2.91. The minimum atomic E-state index is 0.661. The van der Waals surface area contributed by atoms with Crippen molar-refractivity contribution in [2.45, 2.75) is 46.1 Å². The third-order valence-corrected chi connectivity index (χ3v) is 3.13. The molecule has 1 rings (SSSR count). The van der Waals surface area contributed by atoms with Gasteiger partial charge in [-0.25, -0.2) is 0 Å². The smallest absolute Gasteiger partial charge is 0.0107 e. The molecule has 1 heteroatoms. The second-order valence-corrected chi connectivity index (χ2v) is 3.57. The molecule has 1 aliphatic heterocycles. The summed E-state index contributed by atoms with van der Waals surface area (Å²) < 4.78 is 0. The molecule has 1 saturated heterocycles. The number of hydrogen-bond donors (Lipinski definition) is 1. The molecular weight excluding hydrogens is 122 g/mol. The minimum absolute atomic E-state index is 0.661. The van der Waals surface area contributed by atoms with Crippen LogP contribution in [0, 0.1) is 5.41 Å². The fraction of sp³-hybridized carbons (Fsp3) is 1.00. The summed E-state index contributed by atoms with van der Waals surface area (Å²) in [6, 6.07) is 0.762. The van der Waals surface area contributed by atoms with Crippen molar-refractivity contribution in [3.05, 3.63) is 0 Å². The zero-order chi connectivity index (χ0) is 7.61. The van der Waals surface area contributed by atoms with E-state index in [1.165, 1.54) is 25.8 Å². The van der Waals surface area contributed by atoms with E-state index in [1.807, 2.05) is 0 Å². The van der Waals surface area contributed by atoms with Crippen LogP contribution in [-0.4, -0.2) is 12.6 Å². The van der Waals surface area contributed by atoms with Gasteiger partial charge in [0.15, 0.2) is 0 Å². The molecule has 0 bridgehead atoms. The Labute approximate surface area is 64.2 Å². The summed E-state index contributed by atoms with van der Waals surface area (Å²) >= 11 is 0. The normalized spacial score (nSPS) is 39.3. The van der Waals surface area contributed by atoms with Gasteiger partial charge in [-0.2, -0.15) is 0 Å². The molecule has 0 radical (unpaired) electrons. The van der Waals surface area contributed by atoms with Gasteiger partial charge in [0.25, 0.3) is 0 Å². The molecular formula is C9H19N. The molecule has 1 heterocycles. The Morgan fingerprint density at radius 1 is 1.50 bits per heavy atom. The van der Waals surface area contributed by atoms with E-state index in [0.29, 0.717) is 5.41 Å². The summed E-state index contributed by atoms with van der Waals surface area (Å²) in [5, 5.41) is 3.44. The fourth-order valence-corrected chi connectivity index (χ4v) is 2.01. The van der Waals surface area contributed by atoms with Gasteiger partial charge < -0.3 is 5.32 Å². The highest BCUT2D eigenvalue weighted by molar-refractivity contribution is 4.97. The topological polar surface area (TPSA) is 12.0 Å². The summed E-state index contributed by atoms with van der Waals surface area (Å²) in [5.74, 6) is 0. The van der Waals surface area contributed by atoms with Crippen molar-refractivity contribution in [3.63, 3.8) is 0 Å². The molecule has 0 spiro atoms. The first-order valence-electron chi connectivity index (χ1n) is 4.48. The van der Waals surface area contributed by atoms with E-state index < -0.39 is 0 Å². The van der Waals surface area contributed by atoms with Crippen LogP contribution < -0.4 is 5.32 Å². The molecule has 1 aliphatic rings. The molecule has 0 aromatic heterocycles. The molecule has 2 unspecified atom stereocenters. The van der Waals surface area contributed by atoms with Crippen molar-refractivity contribution in [2.75, 3.05) is 6.54 Å². The van der Waals surface area contributed by atoms with Gasteiger partial charge in [0.05, 0.1) is 0 Å². The van der Waals surface area contributed by atoms with Gasteiger partial charge in [-0.1, -0.05) is 20.3 Å². The molecule has 2 atom stereocenters. The fourth-order valence-electron chi connectivity index (χ4n) is 2.01. The van der Waals surface area contributed by atoms with Crippen LogP contribution in [0.5, 0.6) is 0 Å². The maximum atomic E-state index is 3.44. The van der Waals surface area contributed by atoms with Gasteiger partial charge in [-0.3, -0.25) is 0 Å². The Balaban J connectivity index is 2.43. The van der Waals surface area contributed by atoms with Crippen molar-refractivity contribution >= 4 is 0 Å². The maximum Gasteiger partial charge on any atom is 0.0107 e. The zero-order valence-electron chi connectivity index (χ0n) is 7.41. The van der Waals surface area contributed by atoms with Crippen LogP contribution in [0.15, 0.2) is 0 Å². The monoisotopic (exact) mass is 141 g/mol. The molecule has 1 N–H and O–H groups in total. The Morgan fingerprint density at radius 3 is 2.30 bits per heavy atom. The van der Waals surface area contributed by atoms with Gasteiger partial charge >= 0.3 is 0 Å². The van der Waals surface area contributed by atoms with E-state index in [-0.39, 0.29) is 0 Å². The molecule has 0 aromatic rings. The minimum Gasteiger partial charge on any atom is -0.313 e. The van der Waals surface area contributed by atoms with E-state index in [2.05, 4.69) is 26.1 Å². The number of nitrogens with one attached hydrogen (secondary N) is 1. The molecule has 0 amide bonds. The zero-order valence-corrected chi connectivity index (χ0v) is 7.41. The summed E-state index contributed by atoms with van der Waals surface area (Å²) in [6.45, 7) is 8.15. The molecule has 1 fully saturated rings. The SMILES string of the molecule is CCCC1(CC)CNC1C. The summed E-state index contributed by atoms with van der Waals surface area (Å²) in [5.41, 5.74) is 0.661. The first-order valence-corrected chi connectivity index (χ1v) is 4.48. The molecule has 0 saturated carbocycles. The van der Waals surface area contributed by atoms with E-state index in [9.17, 15) is 0 Å². The standard InChI is InChI=1S/C9H19N/c1-4-6-9(5-2)7-10-8(9)3/h8,10H,4-7H2,1-3H3. The van der Waals surface area contributed by atoms with Crippen LogP contribution in [-0.2, 0) is 0 Å². The largest absolute Gasteiger partial charge is 0.313 e. The predicted molar refractivity (Wildman–Crippen MR) is 45.1 cm³/mol. The highest BCUT2D eigenvalue weighted by Crippen LogP contribution is 2.37. The van der Waals surface area contributed by atoms with Gasteiger partial charge in [0, 0.05) is 12.6 Å². The third-order valence-electron chi connectivity index (χ3n) is 3.13. The second-order valence-electron chi connectivity index (χ2n) is 3.57. The van der Waals surface area contributed by atoms with Crippen LogP contribution in [0.4, 0.5) is 0 Å². The van der Waals surface area contributed by atoms with Gasteiger partial charge in [0.2, 0.25) is 0 Å². The van der Waals surface area contributed by atoms with Crippen molar-refractivity contribution in [1.29, 1.82) is 0 Å². The van der Waals surface area contributed by atoms with E-state index in [0.717, 1.165) is 6.04 Å². The summed E-state index contributed by atoms with van der Waals surface area (Å²) in [7, 11) is 0. The highest BCUT2D eigenvalue weighted by Gasteiger charge is 2.40. The van der Waals surface area contributed by atoms with Crippen molar-refractivity contribution < 1.29 is 0 Å². The molecule has 10 heavy (non-hydrogen) atoms. The Hall–Kier alpha value is -0.0400. The summed E-state index contributed by atoms with van der Waals surface area (Å²) in [4.78, 5) is 0. The Morgan fingerprint density at radius 2 is 2.20 bits per heavy atom. The highest BCUT2D eigenvalue weighted by atomic mass is 15.0. The summed E-state index contributed by atoms with van der Waals surface area (Å²) in [6.07, 6.45) is 4.08. The Kier molecular flexibility index (Phi) is 2.35. The molecule has 60 valence electrons. The average Bonchev–Trinajstić information content (AvgIpc) is 1.97. The molecule has 0 aliphatic carbocycles. The predicted octanol–water partition coefficient (Wildman–Crippen LogP) is 2.17. The Bertz CT molecular complexity index is 107. The van der Waals surface area contributed by atoms with Crippen molar-refractivity contribution in [1.82, 2.24) is 5.32 Å². The lowest BCUT2D eigenvalue weighted by molar-refractivity contribution is 0.0767. The van der Waals surface area contributed by atoms with E-state index >= 15 is 0 Å². The van der Waals surface area contributed by atoms with Gasteiger partial charge in [0.1, 0.15) is 0 Å². The lowest BCUT2D eigenvalue weighted by Gasteiger charge is -2.49. The van der Waals surface area contributed by atoms with Crippen LogP contribution in [0.2, 0.25) is 0 Å². The van der Waals surface area contributed by atoms with Crippen molar-refractivity contribution in [3.8, 4) is 0 Å². The maximum absolute atomic E-state index is 3.44. The van der Waals surface area contributed by atoms with E-state index in [4.69, 9.17) is 0 Å². The quantitative estimate of drug-likeness (QED) is 0.635. The van der Waals surface area contributed by atoms with Crippen LogP contribution in [0.25, 0.3) is 0 Å². The van der Waals surface area contributed by atoms with Crippen LogP contribution >= 0.6 is 0 Å². The van der Waals surface area contributed by atoms with Gasteiger partial charge in [-0.15, -0.1) is 0 Å². The van der Waals surface area contributed by atoms with Crippen LogP contribution in [0.1, 0.15) is 40.0 Å². The first-order chi connectivity index (χ1) is 4.75. The average molecular weight is 141 g/mol. The van der Waals surface area contributed by atoms with E-state index in [1.54, 1.807) is 0 Å². The molecule has 1 nitrogen and oxygen atoms in total. The third kappa shape index (κ3) is 1.07. The first kappa shape index (κ1) is 8.06.